The van der Waals surface area contributed by atoms with E-state index < -0.39 is 0 Å². The first-order valence-corrected chi connectivity index (χ1v) is 8.39. The molecule has 8 heteroatoms. The highest BCUT2D eigenvalue weighted by Crippen LogP contribution is 2.12. The van der Waals surface area contributed by atoms with Gasteiger partial charge in [-0.1, -0.05) is 22.5 Å². The number of benzene rings is 1. The summed E-state index contributed by atoms with van der Waals surface area (Å²) in [6.07, 6.45) is 0. The summed E-state index contributed by atoms with van der Waals surface area (Å²) >= 11 is 0. The predicted octanol–water partition coefficient (Wildman–Crippen LogP) is 1.07. The molecule has 0 spiro atoms. The molecule has 25 heavy (non-hydrogen) atoms. The minimum atomic E-state index is 0.0748. The smallest absolute Gasteiger partial charge is 0.244 e. The van der Waals surface area contributed by atoms with Gasteiger partial charge >= 0.3 is 0 Å². The zero-order valence-corrected chi connectivity index (χ0v) is 14.1. The highest BCUT2D eigenvalue weighted by Gasteiger charge is 2.22. The molecule has 3 heterocycles. The summed E-state index contributed by atoms with van der Waals surface area (Å²) in [7, 11) is 0. The number of amides is 1. The van der Waals surface area contributed by atoms with Crippen molar-refractivity contribution in [3.8, 4) is 0 Å². The monoisotopic (exact) mass is 340 g/mol. The number of hydrogen-bond donors (Lipinski definition) is 0. The van der Waals surface area contributed by atoms with Crippen LogP contribution in [0.1, 0.15) is 11.5 Å². The van der Waals surface area contributed by atoms with Crippen LogP contribution in [-0.2, 0) is 17.9 Å². The van der Waals surface area contributed by atoms with Crippen LogP contribution in [-0.4, -0.2) is 62.0 Å². The first kappa shape index (κ1) is 15.8. The Labute approximate surface area is 145 Å². The molecule has 0 aliphatic carbocycles. The van der Waals surface area contributed by atoms with E-state index in [1.54, 1.807) is 4.68 Å². The van der Waals surface area contributed by atoms with Gasteiger partial charge in [-0.15, -0.1) is 5.10 Å². The third-order valence-corrected chi connectivity index (χ3v) is 4.49. The molecule has 1 amide bonds. The normalized spacial score (nSPS) is 15.8. The molecule has 1 aliphatic heterocycles. The molecule has 1 aliphatic rings. The minimum absolute atomic E-state index is 0.0748. The lowest BCUT2D eigenvalue weighted by Gasteiger charge is -2.34. The van der Waals surface area contributed by atoms with Gasteiger partial charge in [0.15, 0.2) is 5.76 Å². The van der Waals surface area contributed by atoms with Crippen LogP contribution in [0.4, 0.5) is 0 Å². The number of rotatable bonds is 4. The SMILES string of the molecule is Cc1cc(CN2CCN(C(=O)Cn3nnc4ccccc43)CC2)on1. The maximum Gasteiger partial charge on any atom is 0.244 e. The highest BCUT2D eigenvalue weighted by molar-refractivity contribution is 5.79. The van der Waals surface area contributed by atoms with E-state index in [-0.39, 0.29) is 12.5 Å². The van der Waals surface area contributed by atoms with Gasteiger partial charge in [0.25, 0.3) is 0 Å². The van der Waals surface area contributed by atoms with E-state index in [9.17, 15) is 4.79 Å². The van der Waals surface area contributed by atoms with Crippen molar-refractivity contribution in [3.05, 3.63) is 41.8 Å². The molecule has 0 radical (unpaired) electrons. The molecular formula is C17H20N6O2. The lowest BCUT2D eigenvalue weighted by Crippen LogP contribution is -2.49. The number of para-hydroxylation sites is 1. The number of fused-ring (bicyclic) bond motifs is 1. The molecule has 2 aromatic heterocycles. The van der Waals surface area contributed by atoms with E-state index in [2.05, 4.69) is 20.4 Å². The quantitative estimate of drug-likeness (QED) is 0.707. The highest BCUT2D eigenvalue weighted by atomic mass is 16.5. The molecule has 3 aromatic rings. The summed E-state index contributed by atoms with van der Waals surface area (Å²) in [6.45, 7) is 5.93. The van der Waals surface area contributed by atoms with Crippen molar-refractivity contribution in [2.75, 3.05) is 26.2 Å². The second-order valence-corrected chi connectivity index (χ2v) is 6.33. The molecule has 0 atom stereocenters. The van der Waals surface area contributed by atoms with Gasteiger partial charge in [-0.3, -0.25) is 9.69 Å². The second-order valence-electron chi connectivity index (χ2n) is 6.33. The van der Waals surface area contributed by atoms with E-state index in [0.717, 1.165) is 42.1 Å². The minimum Gasteiger partial charge on any atom is -0.360 e. The van der Waals surface area contributed by atoms with Crippen molar-refractivity contribution in [2.24, 2.45) is 0 Å². The van der Waals surface area contributed by atoms with Crippen molar-refractivity contribution in [1.29, 1.82) is 0 Å². The van der Waals surface area contributed by atoms with Crippen LogP contribution in [0.5, 0.6) is 0 Å². The zero-order chi connectivity index (χ0) is 17.2. The van der Waals surface area contributed by atoms with Gasteiger partial charge in [-0.2, -0.15) is 0 Å². The molecule has 0 unspecified atom stereocenters. The average Bonchev–Trinajstić information content (AvgIpc) is 3.22. The van der Waals surface area contributed by atoms with Gasteiger partial charge in [0.2, 0.25) is 5.91 Å². The number of aromatic nitrogens is 4. The first-order valence-electron chi connectivity index (χ1n) is 8.39. The Morgan fingerprint density at radius 3 is 2.76 bits per heavy atom. The summed E-state index contributed by atoms with van der Waals surface area (Å²) < 4.78 is 6.93. The van der Waals surface area contributed by atoms with E-state index in [1.165, 1.54) is 0 Å². The third-order valence-electron chi connectivity index (χ3n) is 4.49. The molecule has 0 saturated carbocycles. The molecule has 0 N–H and O–H groups in total. The molecule has 130 valence electrons. The maximum atomic E-state index is 12.6. The fourth-order valence-corrected chi connectivity index (χ4v) is 3.13. The summed E-state index contributed by atoms with van der Waals surface area (Å²) in [5.74, 6) is 0.942. The topological polar surface area (TPSA) is 80.3 Å². The van der Waals surface area contributed by atoms with Gasteiger partial charge in [0.1, 0.15) is 12.1 Å². The van der Waals surface area contributed by atoms with Gasteiger partial charge in [0.05, 0.1) is 17.8 Å². The fraction of sp³-hybridized carbons (Fsp3) is 0.412. The number of carbonyl (C=O) groups is 1. The van der Waals surface area contributed by atoms with Crippen LogP contribution < -0.4 is 0 Å². The molecule has 8 nitrogen and oxygen atoms in total. The van der Waals surface area contributed by atoms with Crippen LogP contribution in [0.25, 0.3) is 11.0 Å². The Hall–Kier alpha value is -2.74. The van der Waals surface area contributed by atoms with Gasteiger partial charge < -0.3 is 9.42 Å². The standard InChI is InChI=1S/C17H20N6O2/c1-13-10-14(25-19-13)11-21-6-8-22(9-7-21)17(24)12-23-16-5-3-2-4-15(16)18-20-23/h2-5,10H,6-9,11-12H2,1H3. The number of piperazine rings is 1. The first-order chi connectivity index (χ1) is 12.2. The fourth-order valence-electron chi connectivity index (χ4n) is 3.13. The van der Waals surface area contributed by atoms with Crippen molar-refractivity contribution in [3.63, 3.8) is 0 Å². The number of nitrogens with zero attached hydrogens (tertiary/aromatic N) is 6. The number of aryl methyl sites for hydroxylation is 1. The summed E-state index contributed by atoms with van der Waals surface area (Å²) in [6, 6.07) is 9.62. The van der Waals surface area contributed by atoms with E-state index >= 15 is 0 Å². The van der Waals surface area contributed by atoms with Crippen LogP contribution in [0, 0.1) is 6.92 Å². The molecule has 4 rings (SSSR count). The van der Waals surface area contributed by atoms with Crippen LogP contribution in [0.3, 0.4) is 0 Å². The Morgan fingerprint density at radius 2 is 2.00 bits per heavy atom. The zero-order valence-electron chi connectivity index (χ0n) is 14.1. The molecule has 1 saturated heterocycles. The number of hydrogen-bond acceptors (Lipinski definition) is 6. The van der Waals surface area contributed by atoms with E-state index in [0.29, 0.717) is 13.1 Å². The van der Waals surface area contributed by atoms with Gasteiger partial charge in [-0.25, -0.2) is 4.68 Å². The summed E-state index contributed by atoms with van der Waals surface area (Å²) in [4.78, 5) is 16.7. The Balaban J connectivity index is 1.33. The Kier molecular flexibility index (Phi) is 4.19. The van der Waals surface area contributed by atoms with Crippen molar-refractivity contribution in [2.45, 2.75) is 20.0 Å². The Bertz CT molecular complexity index is 878. The molecule has 1 aromatic carbocycles. The van der Waals surface area contributed by atoms with Crippen LogP contribution in [0.2, 0.25) is 0 Å². The average molecular weight is 340 g/mol. The maximum absolute atomic E-state index is 12.6. The molecular weight excluding hydrogens is 320 g/mol. The van der Waals surface area contributed by atoms with E-state index in [1.807, 2.05) is 42.2 Å². The largest absolute Gasteiger partial charge is 0.360 e. The van der Waals surface area contributed by atoms with Gasteiger partial charge in [-0.05, 0) is 19.1 Å². The van der Waals surface area contributed by atoms with Crippen molar-refractivity contribution in [1.82, 2.24) is 30.0 Å². The summed E-state index contributed by atoms with van der Waals surface area (Å²) in [5, 5.41) is 12.1. The van der Waals surface area contributed by atoms with Crippen molar-refractivity contribution < 1.29 is 9.32 Å². The van der Waals surface area contributed by atoms with Gasteiger partial charge in [0, 0.05) is 32.2 Å². The lowest BCUT2D eigenvalue weighted by atomic mass is 10.2. The second kappa shape index (κ2) is 6.64. The Morgan fingerprint density at radius 1 is 1.20 bits per heavy atom. The van der Waals surface area contributed by atoms with Crippen LogP contribution in [0.15, 0.2) is 34.9 Å². The molecule has 1 fully saturated rings. The van der Waals surface area contributed by atoms with E-state index in [4.69, 9.17) is 4.52 Å². The van der Waals surface area contributed by atoms with Crippen molar-refractivity contribution >= 4 is 16.9 Å². The lowest BCUT2D eigenvalue weighted by molar-refractivity contribution is -0.133. The third kappa shape index (κ3) is 3.39. The molecule has 0 bridgehead atoms. The summed E-state index contributed by atoms with van der Waals surface area (Å²) in [5.41, 5.74) is 2.58. The number of carbonyl (C=O) groups excluding carboxylic acids is 1. The van der Waals surface area contributed by atoms with Crippen LogP contribution >= 0.6 is 0 Å². The predicted molar refractivity (Wildman–Crippen MR) is 90.6 cm³/mol.